The average Bonchev–Trinajstić information content (AvgIpc) is 2.94. The second-order valence-corrected chi connectivity index (χ2v) is 4.73. The molecule has 0 aliphatic rings. The van der Waals surface area contributed by atoms with E-state index in [0.29, 0.717) is 10.6 Å². The van der Waals surface area contributed by atoms with Gasteiger partial charge in [-0.25, -0.2) is 4.98 Å². The molecule has 0 spiro atoms. The molecular formula is C13H10N2OS. The quantitative estimate of drug-likeness (QED) is 0.701. The van der Waals surface area contributed by atoms with Crippen LogP contribution in [0.2, 0.25) is 0 Å². The number of aryl methyl sites for hydroxylation is 1. The van der Waals surface area contributed by atoms with Gasteiger partial charge < -0.3 is 4.98 Å². The van der Waals surface area contributed by atoms with Crippen LogP contribution < -0.4 is 0 Å². The first kappa shape index (κ1) is 10.2. The number of fused-ring (bicyclic) bond motifs is 1. The third kappa shape index (κ3) is 1.66. The summed E-state index contributed by atoms with van der Waals surface area (Å²) in [6.45, 7) is 1.89. The highest BCUT2D eigenvalue weighted by molar-refractivity contribution is 7.12. The number of benzene rings is 1. The Morgan fingerprint density at radius 3 is 2.94 bits per heavy atom. The van der Waals surface area contributed by atoms with Crippen molar-refractivity contribution in [3.63, 3.8) is 0 Å². The zero-order valence-corrected chi connectivity index (χ0v) is 10.0. The number of aromatic amines is 1. The van der Waals surface area contributed by atoms with Crippen LogP contribution in [0.1, 0.15) is 21.1 Å². The normalized spacial score (nSPS) is 10.9. The van der Waals surface area contributed by atoms with Gasteiger partial charge in [0.05, 0.1) is 5.56 Å². The van der Waals surface area contributed by atoms with E-state index in [2.05, 4.69) is 9.97 Å². The number of carbonyl (C=O) groups is 1. The Labute approximate surface area is 102 Å². The van der Waals surface area contributed by atoms with Crippen molar-refractivity contribution in [1.29, 1.82) is 0 Å². The van der Waals surface area contributed by atoms with E-state index in [-0.39, 0.29) is 5.78 Å². The predicted octanol–water partition coefficient (Wildman–Crippen LogP) is 3.16. The monoisotopic (exact) mass is 242 g/mol. The first-order valence-corrected chi connectivity index (χ1v) is 6.16. The van der Waals surface area contributed by atoms with Gasteiger partial charge in [-0.05, 0) is 13.0 Å². The van der Waals surface area contributed by atoms with Gasteiger partial charge in [0.1, 0.15) is 0 Å². The number of hydrogen-bond donors (Lipinski definition) is 1. The van der Waals surface area contributed by atoms with Crippen LogP contribution in [0, 0.1) is 6.92 Å². The van der Waals surface area contributed by atoms with Gasteiger partial charge in [-0.1, -0.05) is 18.2 Å². The molecule has 0 fully saturated rings. The van der Waals surface area contributed by atoms with E-state index in [1.54, 1.807) is 6.20 Å². The lowest BCUT2D eigenvalue weighted by molar-refractivity contribution is 0.104. The number of hydrogen-bond acceptors (Lipinski definition) is 3. The number of nitrogens with one attached hydrogen (secondary N) is 1. The van der Waals surface area contributed by atoms with Crippen molar-refractivity contribution >= 4 is 28.0 Å². The molecule has 1 N–H and O–H groups in total. The van der Waals surface area contributed by atoms with Gasteiger partial charge in [0.25, 0.3) is 0 Å². The van der Waals surface area contributed by atoms with Crippen LogP contribution in [-0.4, -0.2) is 15.8 Å². The minimum Gasteiger partial charge on any atom is -0.360 e. The fourth-order valence-corrected chi connectivity index (χ4v) is 2.58. The standard InChI is InChI=1S/C13H10N2OS/c1-8-7-17-13(15-8)12(16)10-6-14-11-5-3-2-4-9(10)11/h2-7,14H,1H3. The average molecular weight is 242 g/mol. The molecule has 3 aromatic rings. The maximum absolute atomic E-state index is 12.3. The van der Waals surface area contributed by atoms with Crippen LogP contribution in [0.25, 0.3) is 10.9 Å². The third-order valence-electron chi connectivity index (χ3n) is 2.65. The molecule has 0 atom stereocenters. The molecule has 0 aliphatic carbocycles. The smallest absolute Gasteiger partial charge is 0.223 e. The Bertz CT molecular complexity index is 696. The van der Waals surface area contributed by atoms with Crippen molar-refractivity contribution in [2.75, 3.05) is 0 Å². The summed E-state index contributed by atoms with van der Waals surface area (Å²) in [5.41, 5.74) is 2.55. The van der Waals surface area contributed by atoms with E-state index < -0.39 is 0 Å². The molecule has 2 heterocycles. The largest absolute Gasteiger partial charge is 0.360 e. The Morgan fingerprint density at radius 1 is 1.35 bits per heavy atom. The minimum absolute atomic E-state index is 0.0134. The van der Waals surface area contributed by atoms with Crippen LogP contribution in [0.3, 0.4) is 0 Å². The van der Waals surface area contributed by atoms with Crippen LogP contribution >= 0.6 is 11.3 Å². The molecule has 3 nitrogen and oxygen atoms in total. The molecule has 84 valence electrons. The third-order valence-corrected chi connectivity index (χ3v) is 3.61. The fraction of sp³-hybridized carbons (Fsp3) is 0.0769. The van der Waals surface area contributed by atoms with Gasteiger partial charge in [-0.3, -0.25) is 4.79 Å². The van der Waals surface area contributed by atoms with Crippen LogP contribution in [-0.2, 0) is 0 Å². The van der Waals surface area contributed by atoms with Gasteiger partial charge in [0.2, 0.25) is 5.78 Å². The number of para-hydroxylation sites is 1. The molecule has 1 aromatic carbocycles. The molecule has 0 amide bonds. The maximum atomic E-state index is 12.3. The van der Waals surface area contributed by atoms with Crippen LogP contribution in [0.15, 0.2) is 35.8 Å². The molecule has 2 aromatic heterocycles. The van der Waals surface area contributed by atoms with Gasteiger partial charge in [0.15, 0.2) is 5.01 Å². The van der Waals surface area contributed by atoms with Crippen molar-refractivity contribution in [3.05, 3.63) is 52.1 Å². The highest BCUT2D eigenvalue weighted by Gasteiger charge is 2.16. The van der Waals surface area contributed by atoms with Crippen molar-refractivity contribution in [3.8, 4) is 0 Å². The molecule has 3 rings (SSSR count). The van der Waals surface area contributed by atoms with Crippen molar-refractivity contribution in [1.82, 2.24) is 9.97 Å². The van der Waals surface area contributed by atoms with Crippen molar-refractivity contribution in [2.24, 2.45) is 0 Å². The number of rotatable bonds is 2. The highest BCUT2D eigenvalue weighted by atomic mass is 32.1. The lowest BCUT2D eigenvalue weighted by Gasteiger charge is -1.94. The Morgan fingerprint density at radius 2 is 2.18 bits per heavy atom. The van der Waals surface area contributed by atoms with Gasteiger partial charge in [0, 0.05) is 28.2 Å². The zero-order chi connectivity index (χ0) is 11.8. The summed E-state index contributed by atoms with van der Waals surface area (Å²) in [5, 5.41) is 3.39. The minimum atomic E-state index is -0.0134. The van der Waals surface area contributed by atoms with Crippen molar-refractivity contribution < 1.29 is 4.79 Å². The maximum Gasteiger partial charge on any atom is 0.223 e. The number of H-pyrrole nitrogens is 1. The van der Waals surface area contributed by atoms with Gasteiger partial charge in [-0.2, -0.15) is 0 Å². The SMILES string of the molecule is Cc1csc(C(=O)c2c[nH]c3ccccc23)n1. The first-order valence-electron chi connectivity index (χ1n) is 5.28. The molecule has 0 radical (unpaired) electrons. The summed E-state index contributed by atoms with van der Waals surface area (Å²) in [6.07, 6.45) is 1.75. The van der Waals surface area contributed by atoms with Gasteiger partial charge >= 0.3 is 0 Å². The predicted molar refractivity (Wildman–Crippen MR) is 68.6 cm³/mol. The lowest BCUT2D eigenvalue weighted by Crippen LogP contribution is -1.99. The highest BCUT2D eigenvalue weighted by Crippen LogP contribution is 2.22. The van der Waals surface area contributed by atoms with Gasteiger partial charge in [-0.15, -0.1) is 11.3 Å². The van der Waals surface area contributed by atoms with Crippen LogP contribution in [0.4, 0.5) is 0 Å². The van der Waals surface area contributed by atoms with E-state index in [0.717, 1.165) is 16.6 Å². The van der Waals surface area contributed by atoms with E-state index in [4.69, 9.17) is 0 Å². The summed E-state index contributed by atoms with van der Waals surface area (Å²) in [7, 11) is 0. The molecule has 4 heteroatoms. The van der Waals surface area contributed by atoms with E-state index in [1.807, 2.05) is 36.6 Å². The number of nitrogens with zero attached hydrogens (tertiary/aromatic N) is 1. The summed E-state index contributed by atoms with van der Waals surface area (Å²) in [5.74, 6) is -0.0134. The van der Waals surface area contributed by atoms with Crippen molar-refractivity contribution in [2.45, 2.75) is 6.92 Å². The molecule has 17 heavy (non-hydrogen) atoms. The number of ketones is 1. The topological polar surface area (TPSA) is 45.8 Å². The molecular weight excluding hydrogens is 232 g/mol. The number of carbonyl (C=O) groups excluding carboxylic acids is 1. The summed E-state index contributed by atoms with van der Waals surface area (Å²) < 4.78 is 0. The first-order chi connectivity index (χ1) is 8.25. The fourth-order valence-electron chi connectivity index (χ4n) is 1.83. The summed E-state index contributed by atoms with van der Waals surface area (Å²) >= 11 is 1.39. The van der Waals surface area contributed by atoms with Crippen LogP contribution in [0.5, 0.6) is 0 Å². The Balaban J connectivity index is 2.13. The van der Waals surface area contributed by atoms with E-state index in [9.17, 15) is 4.79 Å². The molecule has 0 saturated carbocycles. The van der Waals surface area contributed by atoms with E-state index >= 15 is 0 Å². The zero-order valence-electron chi connectivity index (χ0n) is 9.23. The lowest BCUT2D eigenvalue weighted by atomic mass is 10.1. The number of aromatic nitrogens is 2. The summed E-state index contributed by atoms with van der Waals surface area (Å²) in [6, 6.07) is 7.78. The molecule has 0 saturated heterocycles. The molecule has 0 unspecified atom stereocenters. The Kier molecular flexibility index (Phi) is 2.30. The molecule has 0 bridgehead atoms. The summed E-state index contributed by atoms with van der Waals surface area (Å²) in [4.78, 5) is 19.6. The number of thiazole rings is 1. The van der Waals surface area contributed by atoms with E-state index in [1.165, 1.54) is 11.3 Å². The second kappa shape index (κ2) is 3.82. The Hall–Kier alpha value is -1.94. The molecule has 0 aliphatic heterocycles. The second-order valence-electron chi connectivity index (χ2n) is 3.87.